The van der Waals surface area contributed by atoms with E-state index in [4.69, 9.17) is 4.74 Å². The van der Waals surface area contributed by atoms with Crippen LogP contribution in [0.2, 0.25) is 0 Å². The number of amides is 2. The van der Waals surface area contributed by atoms with Crippen LogP contribution < -0.4 is 0 Å². The zero-order valence-corrected chi connectivity index (χ0v) is 13.5. The van der Waals surface area contributed by atoms with Gasteiger partial charge in [-0.05, 0) is 19.8 Å². The lowest BCUT2D eigenvalue weighted by Crippen LogP contribution is -2.44. The highest BCUT2D eigenvalue weighted by molar-refractivity contribution is 5.89. The average Bonchev–Trinajstić information content (AvgIpc) is 2.86. The number of rotatable bonds is 4. The molecule has 0 aliphatic carbocycles. The summed E-state index contributed by atoms with van der Waals surface area (Å²) >= 11 is 0. The zero-order valence-electron chi connectivity index (χ0n) is 13.5. The summed E-state index contributed by atoms with van der Waals surface area (Å²) in [5.74, 6) is -2.22. The Morgan fingerprint density at radius 1 is 1.21 bits per heavy atom. The van der Waals surface area contributed by atoms with Gasteiger partial charge in [0.1, 0.15) is 6.54 Å². The molecule has 2 rings (SSSR count). The van der Waals surface area contributed by atoms with E-state index in [2.05, 4.69) is 0 Å². The van der Waals surface area contributed by atoms with E-state index in [1.165, 1.54) is 4.90 Å². The molecule has 2 aliphatic heterocycles. The van der Waals surface area contributed by atoms with Gasteiger partial charge in [0.05, 0.1) is 18.4 Å². The number of halogens is 3. The van der Waals surface area contributed by atoms with Gasteiger partial charge in [-0.25, -0.2) is 0 Å². The maximum absolute atomic E-state index is 12.4. The molecular formula is C15H21F3N2O4. The minimum absolute atomic E-state index is 0.188. The highest BCUT2D eigenvalue weighted by atomic mass is 19.4. The van der Waals surface area contributed by atoms with Crippen molar-refractivity contribution in [2.45, 2.75) is 32.4 Å². The van der Waals surface area contributed by atoms with Crippen LogP contribution in [-0.2, 0) is 19.1 Å². The molecule has 24 heavy (non-hydrogen) atoms. The minimum atomic E-state index is -4.47. The molecule has 136 valence electrons. The molecule has 1 atom stereocenters. The fraction of sp³-hybridized carbons (Fsp3) is 0.800. The first-order valence-corrected chi connectivity index (χ1v) is 8.01. The molecule has 2 saturated heterocycles. The van der Waals surface area contributed by atoms with Gasteiger partial charge in [-0.1, -0.05) is 0 Å². The number of hydrogen-bond donors (Lipinski definition) is 0. The maximum atomic E-state index is 12.4. The van der Waals surface area contributed by atoms with E-state index < -0.39 is 24.5 Å². The fourth-order valence-electron chi connectivity index (χ4n) is 3.16. The van der Waals surface area contributed by atoms with Gasteiger partial charge in [-0.15, -0.1) is 0 Å². The van der Waals surface area contributed by atoms with Crippen molar-refractivity contribution in [3.63, 3.8) is 0 Å². The van der Waals surface area contributed by atoms with Crippen molar-refractivity contribution in [2.75, 3.05) is 32.8 Å². The standard InChI is InChI=1S/C15H21F3N2O4/c1-2-24-14(23)10-3-5-19(6-4-10)13(22)11-7-12(21)20(8-11)9-15(16,17)18/h10-11H,2-9H2,1H3. The summed E-state index contributed by atoms with van der Waals surface area (Å²) in [5, 5.41) is 0. The van der Waals surface area contributed by atoms with Crippen molar-refractivity contribution in [1.29, 1.82) is 0 Å². The van der Waals surface area contributed by atoms with E-state index in [0.29, 0.717) is 37.4 Å². The lowest BCUT2D eigenvalue weighted by molar-refractivity contribution is -0.157. The third kappa shape index (κ3) is 4.61. The van der Waals surface area contributed by atoms with E-state index in [1.807, 2.05) is 0 Å². The smallest absolute Gasteiger partial charge is 0.406 e. The number of nitrogens with zero attached hydrogens (tertiary/aromatic N) is 2. The number of likely N-dealkylation sites (tertiary alicyclic amines) is 2. The molecule has 2 fully saturated rings. The Morgan fingerprint density at radius 2 is 1.83 bits per heavy atom. The molecule has 0 saturated carbocycles. The number of ether oxygens (including phenoxy) is 1. The third-order valence-corrected chi connectivity index (χ3v) is 4.36. The first kappa shape index (κ1) is 18.5. The molecule has 0 radical (unpaired) electrons. The van der Waals surface area contributed by atoms with E-state index in [0.717, 1.165) is 0 Å². The molecule has 0 spiro atoms. The fourth-order valence-corrected chi connectivity index (χ4v) is 3.16. The predicted octanol–water partition coefficient (Wildman–Crippen LogP) is 1.20. The van der Waals surface area contributed by atoms with Gasteiger partial charge in [-0.3, -0.25) is 14.4 Å². The Morgan fingerprint density at radius 3 is 2.38 bits per heavy atom. The lowest BCUT2D eigenvalue weighted by atomic mass is 9.95. The quantitative estimate of drug-likeness (QED) is 0.715. The first-order chi connectivity index (χ1) is 11.2. The molecule has 0 N–H and O–H groups in total. The Labute approximate surface area is 137 Å². The van der Waals surface area contributed by atoms with Crippen LogP contribution >= 0.6 is 0 Å². The van der Waals surface area contributed by atoms with Crippen molar-refractivity contribution in [3.8, 4) is 0 Å². The molecule has 2 heterocycles. The van der Waals surface area contributed by atoms with Crippen LogP contribution in [0.4, 0.5) is 13.2 Å². The third-order valence-electron chi connectivity index (χ3n) is 4.36. The molecule has 6 nitrogen and oxygen atoms in total. The summed E-state index contributed by atoms with van der Waals surface area (Å²) in [5.41, 5.74) is 0. The Balaban J connectivity index is 1.85. The lowest BCUT2D eigenvalue weighted by Gasteiger charge is -2.32. The normalized spacial score (nSPS) is 22.8. The summed E-state index contributed by atoms with van der Waals surface area (Å²) in [6.07, 6.45) is -3.71. The van der Waals surface area contributed by atoms with Crippen LogP contribution in [-0.4, -0.2) is 66.5 Å². The SMILES string of the molecule is CCOC(=O)C1CCN(C(=O)C2CC(=O)N(CC(F)(F)F)C2)CC1. The number of carbonyl (C=O) groups is 3. The largest absolute Gasteiger partial charge is 0.466 e. The molecule has 2 amide bonds. The maximum Gasteiger partial charge on any atom is 0.406 e. The van der Waals surface area contributed by atoms with Gasteiger partial charge >= 0.3 is 12.1 Å². The van der Waals surface area contributed by atoms with Crippen molar-refractivity contribution >= 4 is 17.8 Å². The van der Waals surface area contributed by atoms with Gasteiger partial charge in [0.15, 0.2) is 0 Å². The Hall–Kier alpha value is -1.80. The summed E-state index contributed by atoms with van der Waals surface area (Å²) in [7, 11) is 0. The van der Waals surface area contributed by atoms with Crippen LogP contribution in [0.1, 0.15) is 26.2 Å². The molecule has 9 heteroatoms. The molecule has 0 aromatic rings. The number of piperidine rings is 1. The average molecular weight is 350 g/mol. The predicted molar refractivity (Wildman–Crippen MR) is 76.7 cm³/mol. The van der Waals surface area contributed by atoms with E-state index in [1.54, 1.807) is 6.92 Å². The van der Waals surface area contributed by atoms with E-state index in [9.17, 15) is 27.6 Å². The van der Waals surface area contributed by atoms with Gasteiger partial charge in [0, 0.05) is 26.1 Å². The van der Waals surface area contributed by atoms with Crippen LogP contribution in [0.3, 0.4) is 0 Å². The van der Waals surface area contributed by atoms with Crippen LogP contribution in [0.15, 0.2) is 0 Å². The number of esters is 1. The summed E-state index contributed by atoms with van der Waals surface area (Å²) in [6.45, 7) is 1.21. The summed E-state index contributed by atoms with van der Waals surface area (Å²) < 4.78 is 42.2. The minimum Gasteiger partial charge on any atom is -0.466 e. The van der Waals surface area contributed by atoms with Crippen LogP contribution in [0, 0.1) is 11.8 Å². The Bertz CT molecular complexity index is 501. The van der Waals surface area contributed by atoms with Crippen molar-refractivity contribution in [1.82, 2.24) is 9.80 Å². The highest BCUT2D eigenvalue weighted by Crippen LogP contribution is 2.27. The molecule has 2 aliphatic rings. The second-order valence-corrected chi connectivity index (χ2v) is 6.14. The number of carbonyl (C=O) groups excluding carboxylic acids is 3. The first-order valence-electron chi connectivity index (χ1n) is 8.01. The summed E-state index contributed by atoms with van der Waals surface area (Å²) in [4.78, 5) is 38.0. The van der Waals surface area contributed by atoms with E-state index in [-0.39, 0.29) is 30.8 Å². The topological polar surface area (TPSA) is 66.9 Å². The zero-order chi connectivity index (χ0) is 17.9. The number of hydrogen-bond acceptors (Lipinski definition) is 4. The molecular weight excluding hydrogens is 329 g/mol. The second-order valence-electron chi connectivity index (χ2n) is 6.14. The molecule has 0 bridgehead atoms. The van der Waals surface area contributed by atoms with Crippen molar-refractivity contribution < 1.29 is 32.3 Å². The van der Waals surface area contributed by atoms with Gasteiger partial charge in [0.2, 0.25) is 11.8 Å². The Kier molecular flexibility index (Phi) is 5.71. The molecule has 0 aromatic carbocycles. The van der Waals surface area contributed by atoms with E-state index >= 15 is 0 Å². The monoisotopic (exact) mass is 350 g/mol. The van der Waals surface area contributed by atoms with Crippen molar-refractivity contribution in [2.24, 2.45) is 11.8 Å². The summed E-state index contributed by atoms with van der Waals surface area (Å²) in [6, 6.07) is 0. The van der Waals surface area contributed by atoms with Crippen molar-refractivity contribution in [3.05, 3.63) is 0 Å². The van der Waals surface area contributed by atoms with Gasteiger partial charge in [0.25, 0.3) is 0 Å². The molecule has 0 aromatic heterocycles. The highest BCUT2D eigenvalue weighted by Gasteiger charge is 2.42. The molecule has 1 unspecified atom stereocenters. The van der Waals surface area contributed by atoms with Crippen LogP contribution in [0.25, 0.3) is 0 Å². The van der Waals surface area contributed by atoms with Gasteiger partial charge < -0.3 is 14.5 Å². The van der Waals surface area contributed by atoms with Gasteiger partial charge in [-0.2, -0.15) is 13.2 Å². The number of alkyl halides is 3. The van der Waals surface area contributed by atoms with Crippen LogP contribution in [0.5, 0.6) is 0 Å². The second kappa shape index (κ2) is 7.40.